The summed E-state index contributed by atoms with van der Waals surface area (Å²) in [5.41, 5.74) is 2.24. The molecule has 0 saturated heterocycles. The van der Waals surface area contributed by atoms with Gasteiger partial charge in [-0.25, -0.2) is 4.79 Å². The molecular weight excluding hydrogens is 282 g/mol. The summed E-state index contributed by atoms with van der Waals surface area (Å²) in [4.78, 5) is 15.8. The Labute approximate surface area is 127 Å². The Morgan fingerprint density at radius 3 is 2.77 bits per heavy atom. The van der Waals surface area contributed by atoms with Gasteiger partial charge in [0.05, 0.1) is 12.1 Å². The third kappa shape index (κ3) is 2.36. The number of fused-ring (bicyclic) bond motifs is 1. The highest BCUT2D eigenvalue weighted by molar-refractivity contribution is 5.96. The maximum atomic E-state index is 11.6. The molecule has 3 rings (SSSR count). The Kier molecular flexibility index (Phi) is 3.44. The van der Waals surface area contributed by atoms with Gasteiger partial charge in [0.2, 0.25) is 5.89 Å². The molecule has 1 N–H and O–H groups in total. The predicted octanol–water partition coefficient (Wildman–Crippen LogP) is 3.20. The molecular formula is C16H17N3O3. The maximum absolute atomic E-state index is 11.6. The number of carboxylic acids is 1. The molecule has 0 spiro atoms. The van der Waals surface area contributed by atoms with E-state index in [-0.39, 0.29) is 18.2 Å². The van der Waals surface area contributed by atoms with Crippen LogP contribution in [0, 0.1) is 6.92 Å². The standard InChI is InChI=1S/C16H17N3O3/c1-9(2)12-6-4-5-11-7-13(16(20)21)19(15(11)12)8-14-17-10(3)22-18-14/h4-7,9H,8H2,1-3H3,(H,20,21). The van der Waals surface area contributed by atoms with Gasteiger partial charge in [-0.1, -0.05) is 37.2 Å². The number of para-hydroxylation sites is 1. The first kappa shape index (κ1) is 14.3. The number of aryl methyl sites for hydroxylation is 1. The van der Waals surface area contributed by atoms with Crippen LogP contribution in [0.25, 0.3) is 10.9 Å². The van der Waals surface area contributed by atoms with Crippen molar-refractivity contribution in [2.24, 2.45) is 0 Å². The molecule has 0 radical (unpaired) electrons. The summed E-state index contributed by atoms with van der Waals surface area (Å²) >= 11 is 0. The van der Waals surface area contributed by atoms with Crippen LogP contribution in [0.4, 0.5) is 0 Å². The van der Waals surface area contributed by atoms with Crippen molar-refractivity contribution in [3.63, 3.8) is 0 Å². The van der Waals surface area contributed by atoms with Crippen molar-refractivity contribution in [3.8, 4) is 0 Å². The fourth-order valence-corrected chi connectivity index (χ4v) is 2.71. The van der Waals surface area contributed by atoms with E-state index in [1.165, 1.54) is 0 Å². The van der Waals surface area contributed by atoms with Crippen molar-refractivity contribution in [2.45, 2.75) is 33.2 Å². The molecule has 114 valence electrons. The fraction of sp³-hybridized carbons (Fsp3) is 0.312. The van der Waals surface area contributed by atoms with E-state index < -0.39 is 5.97 Å². The normalized spacial score (nSPS) is 11.5. The summed E-state index contributed by atoms with van der Waals surface area (Å²) in [5, 5.41) is 14.3. The predicted molar refractivity (Wildman–Crippen MR) is 81.1 cm³/mol. The van der Waals surface area contributed by atoms with E-state index in [0.717, 1.165) is 16.5 Å². The number of hydrogen-bond acceptors (Lipinski definition) is 4. The summed E-state index contributed by atoms with van der Waals surface area (Å²) in [7, 11) is 0. The van der Waals surface area contributed by atoms with Crippen molar-refractivity contribution >= 4 is 16.9 Å². The minimum Gasteiger partial charge on any atom is -0.477 e. The van der Waals surface area contributed by atoms with Gasteiger partial charge < -0.3 is 14.2 Å². The van der Waals surface area contributed by atoms with Gasteiger partial charge in [0.1, 0.15) is 5.69 Å². The van der Waals surface area contributed by atoms with Crippen LogP contribution in [0.3, 0.4) is 0 Å². The number of hydrogen-bond donors (Lipinski definition) is 1. The first-order valence-corrected chi connectivity index (χ1v) is 7.12. The number of carbonyl (C=O) groups is 1. The second-order valence-electron chi connectivity index (χ2n) is 5.59. The second-order valence-corrected chi connectivity index (χ2v) is 5.59. The lowest BCUT2D eigenvalue weighted by molar-refractivity contribution is 0.0686. The summed E-state index contributed by atoms with van der Waals surface area (Å²) in [5.74, 6) is 0.251. The molecule has 6 heteroatoms. The van der Waals surface area contributed by atoms with E-state index in [4.69, 9.17) is 4.52 Å². The quantitative estimate of drug-likeness (QED) is 0.800. The monoisotopic (exact) mass is 299 g/mol. The molecule has 3 aromatic rings. The van der Waals surface area contributed by atoms with Crippen molar-refractivity contribution < 1.29 is 14.4 Å². The summed E-state index contributed by atoms with van der Waals surface area (Å²) in [6, 6.07) is 7.59. The highest BCUT2D eigenvalue weighted by Gasteiger charge is 2.19. The number of aromatic nitrogens is 3. The Balaban J connectivity index is 2.24. The number of aromatic carboxylic acids is 1. The molecule has 6 nitrogen and oxygen atoms in total. The van der Waals surface area contributed by atoms with Crippen molar-refractivity contribution in [3.05, 3.63) is 47.2 Å². The van der Waals surface area contributed by atoms with Crippen LogP contribution in [0.1, 0.15) is 47.5 Å². The lowest BCUT2D eigenvalue weighted by atomic mass is 10.0. The lowest BCUT2D eigenvalue weighted by Gasteiger charge is -2.12. The van der Waals surface area contributed by atoms with Crippen LogP contribution in [0.5, 0.6) is 0 Å². The minimum atomic E-state index is -0.967. The molecule has 0 unspecified atom stereocenters. The second kappa shape index (κ2) is 5.29. The van der Waals surface area contributed by atoms with E-state index in [1.54, 1.807) is 17.6 Å². The average molecular weight is 299 g/mol. The average Bonchev–Trinajstić information content (AvgIpc) is 3.03. The van der Waals surface area contributed by atoms with Crippen LogP contribution in [-0.4, -0.2) is 25.8 Å². The first-order chi connectivity index (χ1) is 10.5. The van der Waals surface area contributed by atoms with Crippen LogP contribution in [-0.2, 0) is 6.54 Å². The van der Waals surface area contributed by atoms with Crippen LogP contribution >= 0.6 is 0 Å². The van der Waals surface area contributed by atoms with Gasteiger partial charge in [-0.05, 0) is 17.5 Å². The largest absolute Gasteiger partial charge is 0.477 e. The number of rotatable bonds is 4. The van der Waals surface area contributed by atoms with Gasteiger partial charge in [-0.2, -0.15) is 4.98 Å². The van der Waals surface area contributed by atoms with Crippen molar-refractivity contribution in [1.82, 2.24) is 14.7 Å². The third-order valence-corrected chi connectivity index (χ3v) is 3.66. The highest BCUT2D eigenvalue weighted by atomic mass is 16.5. The first-order valence-electron chi connectivity index (χ1n) is 7.12. The Morgan fingerprint density at radius 1 is 1.41 bits per heavy atom. The molecule has 0 saturated carbocycles. The molecule has 0 amide bonds. The van der Waals surface area contributed by atoms with Gasteiger partial charge in [0.15, 0.2) is 5.82 Å². The topological polar surface area (TPSA) is 81.2 Å². The third-order valence-electron chi connectivity index (χ3n) is 3.66. The van der Waals surface area contributed by atoms with Gasteiger partial charge >= 0.3 is 5.97 Å². The van der Waals surface area contributed by atoms with E-state index in [2.05, 4.69) is 24.0 Å². The smallest absolute Gasteiger partial charge is 0.352 e. The highest BCUT2D eigenvalue weighted by Crippen LogP contribution is 2.29. The lowest BCUT2D eigenvalue weighted by Crippen LogP contribution is -2.11. The van der Waals surface area contributed by atoms with Gasteiger partial charge in [-0.3, -0.25) is 0 Å². The number of nitrogens with zero attached hydrogens (tertiary/aromatic N) is 3. The van der Waals surface area contributed by atoms with Gasteiger partial charge in [0, 0.05) is 12.3 Å². The number of benzene rings is 1. The Bertz CT molecular complexity index is 846. The van der Waals surface area contributed by atoms with Crippen LogP contribution < -0.4 is 0 Å². The number of carboxylic acid groups (broad SMARTS) is 1. The molecule has 0 aliphatic heterocycles. The Hall–Kier alpha value is -2.63. The van der Waals surface area contributed by atoms with E-state index in [9.17, 15) is 9.90 Å². The molecule has 1 aromatic carbocycles. The van der Waals surface area contributed by atoms with Gasteiger partial charge in [0.25, 0.3) is 0 Å². The van der Waals surface area contributed by atoms with E-state index in [1.807, 2.05) is 18.2 Å². The van der Waals surface area contributed by atoms with Crippen LogP contribution in [0.2, 0.25) is 0 Å². The summed E-state index contributed by atoms with van der Waals surface area (Å²) in [6.45, 7) is 6.16. The SMILES string of the molecule is Cc1nc(Cn2c(C(=O)O)cc3cccc(C(C)C)c32)no1. The molecule has 2 heterocycles. The maximum Gasteiger partial charge on any atom is 0.352 e. The van der Waals surface area contributed by atoms with E-state index >= 15 is 0 Å². The molecule has 0 aliphatic carbocycles. The fourth-order valence-electron chi connectivity index (χ4n) is 2.71. The summed E-state index contributed by atoms with van der Waals surface area (Å²) < 4.78 is 6.73. The van der Waals surface area contributed by atoms with Crippen molar-refractivity contribution in [1.29, 1.82) is 0 Å². The van der Waals surface area contributed by atoms with Gasteiger partial charge in [-0.15, -0.1) is 0 Å². The zero-order valence-corrected chi connectivity index (χ0v) is 12.7. The van der Waals surface area contributed by atoms with Crippen molar-refractivity contribution in [2.75, 3.05) is 0 Å². The van der Waals surface area contributed by atoms with Crippen LogP contribution in [0.15, 0.2) is 28.8 Å². The Morgan fingerprint density at radius 2 is 2.18 bits per heavy atom. The molecule has 0 aliphatic rings. The molecule has 0 fully saturated rings. The summed E-state index contributed by atoms with van der Waals surface area (Å²) in [6.07, 6.45) is 0. The molecule has 22 heavy (non-hydrogen) atoms. The molecule has 0 bridgehead atoms. The zero-order chi connectivity index (χ0) is 15.9. The molecule has 2 aromatic heterocycles. The minimum absolute atomic E-state index is 0.227. The van der Waals surface area contributed by atoms with E-state index in [0.29, 0.717) is 11.7 Å². The molecule has 0 atom stereocenters. The zero-order valence-electron chi connectivity index (χ0n) is 12.7.